The predicted molar refractivity (Wildman–Crippen MR) is 104 cm³/mol. The maximum atomic E-state index is 14.0. The Morgan fingerprint density at radius 1 is 1.50 bits per heavy atom. The van der Waals surface area contributed by atoms with Gasteiger partial charge in [-0.15, -0.1) is 0 Å². The maximum absolute atomic E-state index is 14.0. The number of nitrogens with zero attached hydrogens (tertiary/aromatic N) is 3. The Balaban J connectivity index is 1.94. The summed E-state index contributed by atoms with van der Waals surface area (Å²) in [6.07, 6.45) is 11.5. The molecule has 1 unspecified atom stereocenters. The molecule has 0 saturated carbocycles. The molecule has 0 aromatic heterocycles. The zero-order chi connectivity index (χ0) is 18.9. The number of carbonyl (C=O) groups excluding carboxylic acids is 1. The van der Waals surface area contributed by atoms with E-state index in [0.29, 0.717) is 11.3 Å². The quantitative estimate of drug-likeness (QED) is 0.326. The number of allylic oxidation sites excluding steroid dienone is 2. The third kappa shape index (κ3) is 5.17. The Morgan fingerprint density at radius 2 is 2.31 bits per heavy atom. The molecule has 0 radical (unpaired) electrons. The first-order valence-corrected chi connectivity index (χ1v) is 8.13. The second-order valence-corrected chi connectivity index (χ2v) is 5.63. The van der Waals surface area contributed by atoms with Gasteiger partial charge in [-0.1, -0.05) is 18.2 Å². The van der Waals surface area contributed by atoms with Crippen molar-refractivity contribution in [1.82, 2.24) is 10.2 Å². The Kier molecular flexibility index (Phi) is 6.90. The third-order valence-electron chi connectivity index (χ3n) is 3.76. The van der Waals surface area contributed by atoms with Gasteiger partial charge in [0.15, 0.2) is 0 Å². The van der Waals surface area contributed by atoms with Crippen LogP contribution >= 0.6 is 0 Å². The molecule has 26 heavy (non-hydrogen) atoms. The highest BCUT2D eigenvalue weighted by atomic mass is 19.1. The summed E-state index contributed by atoms with van der Waals surface area (Å²) in [5.74, 6) is -0.500. The summed E-state index contributed by atoms with van der Waals surface area (Å²) in [7, 11) is 3.27. The van der Waals surface area contributed by atoms with Crippen LogP contribution in [0.1, 0.15) is 12.0 Å². The molecule has 1 atom stereocenters. The first-order valence-electron chi connectivity index (χ1n) is 8.13. The topological polar surface area (TPSA) is 95.1 Å². The molecule has 138 valence electrons. The summed E-state index contributed by atoms with van der Waals surface area (Å²) in [6.45, 7) is 0.0558. The van der Waals surface area contributed by atoms with Crippen LogP contribution in [0.25, 0.3) is 0 Å². The number of benzene rings is 1. The largest absolute Gasteiger partial charge is 0.398 e. The van der Waals surface area contributed by atoms with Crippen LogP contribution in [0.2, 0.25) is 0 Å². The summed E-state index contributed by atoms with van der Waals surface area (Å²) in [5, 5.41) is 5.52. The average Bonchev–Trinajstić information content (AvgIpc) is 2.58. The van der Waals surface area contributed by atoms with Crippen molar-refractivity contribution in [2.24, 2.45) is 9.98 Å². The molecule has 0 saturated heterocycles. The van der Waals surface area contributed by atoms with Crippen LogP contribution < -0.4 is 16.4 Å². The summed E-state index contributed by atoms with van der Waals surface area (Å²) in [5.41, 5.74) is 6.87. The van der Waals surface area contributed by atoms with Crippen LogP contribution in [-0.2, 0) is 0 Å². The highest BCUT2D eigenvalue weighted by Gasteiger charge is 2.15. The number of urea groups is 1. The van der Waals surface area contributed by atoms with Crippen molar-refractivity contribution in [3.8, 4) is 0 Å². The molecule has 1 heterocycles. The minimum absolute atomic E-state index is 0.0558. The first-order chi connectivity index (χ1) is 12.5. The van der Waals surface area contributed by atoms with Crippen LogP contribution in [0.4, 0.5) is 20.6 Å². The Hall–Kier alpha value is -3.16. The lowest BCUT2D eigenvalue weighted by Gasteiger charge is -2.23. The van der Waals surface area contributed by atoms with Gasteiger partial charge in [-0.3, -0.25) is 9.98 Å². The lowest BCUT2D eigenvalue weighted by molar-refractivity contribution is 0.209. The van der Waals surface area contributed by atoms with E-state index in [1.54, 1.807) is 38.8 Å². The van der Waals surface area contributed by atoms with E-state index in [4.69, 9.17) is 5.73 Å². The molecule has 4 N–H and O–H groups in total. The van der Waals surface area contributed by atoms with Crippen molar-refractivity contribution >= 4 is 29.8 Å². The van der Waals surface area contributed by atoms with Gasteiger partial charge in [0.05, 0.1) is 18.4 Å². The van der Waals surface area contributed by atoms with E-state index in [1.165, 1.54) is 11.0 Å². The lowest BCUT2D eigenvalue weighted by Crippen LogP contribution is -2.45. The van der Waals surface area contributed by atoms with Gasteiger partial charge in [-0.25, -0.2) is 9.18 Å². The summed E-state index contributed by atoms with van der Waals surface area (Å²) >= 11 is 0. The normalized spacial score (nSPS) is 17.6. The number of hydrogen-bond acceptors (Lipinski definition) is 5. The van der Waals surface area contributed by atoms with Crippen LogP contribution in [0.5, 0.6) is 0 Å². The van der Waals surface area contributed by atoms with Crippen LogP contribution in [0.3, 0.4) is 0 Å². The number of halogens is 1. The number of hydrogen-bond donors (Lipinski definition) is 3. The second-order valence-electron chi connectivity index (χ2n) is 5.63. The minimum atomic E-state index is -0.500. The zero-order valence-electron chi connectivity index (χ0n) is 14.8. The average molecular weight is 358 g/mol. The van der Waals surface area contributed by atoms with Crippen molar-refractivity contribution in [1.29, 1.82) is 0 Å². The Labute approximate surface area is 152 Å². The number of amides is 2. The van der Waals surface area contributed by atoms with Crippen molar-refractivity contribution in [2.45, 2.75) is 12.5 Å². The molecule has 0 aliphatic carbocycles. The molecule has 2 amide bonds. The van der Waals surface area contributed by atoms with Gasteiger partial charge >= 0.3 is 6.03 Å². The molecule has 0 fully saturated rings. The van der Waals surface area contributed by atoms with E-state index in [-0.39, 0.29) is 24.4 Å². The van der Waals surface area contributed by atoms with E-state index in [2.05, 4.69) is 20.6 Å². The fourth-order valence-electron chi connectivity index (χ4n) is 2.30. The van der Waals surface area contributed by atoms with Crippen molar-refractivity contribution in [3.05, 3.63) is 47.9 Å². The van der Waals surface area contributed by atoms with E-state index >= 15 is 0 Å². The summed E-state index contributed by atoms with van der Waals surface area (Å²) in [6, 6.07) is 2.20. The van der Waals surface area contributed by atoms with Crippen molar-refractivity contribution in [3.63, 3.8) is 0 Å². The smallest absolute Gasteiger partial charge is 0.319 e. The minimum Gasteiger partial charge on any atom is -0.398 e. The fraction of sp³-hybridized carbons (Fsp3) is 0.278. The first kappa shape index (κ1) is 19.2. The molecule has 1 aliphatic heterocycles. The molecule has 8 heteroatoms. The highest BCUT2D eigenvalue weighted by Crippen LogP contribution is 2.20. The molecule has 1 aromatic rings. The van der Waals surface area contributed by atoms with E-state index in [1.807, 2.05) is 18.2 Å². The number of aliphatic imine (C=N–C) groups is 2. The van der Waals surface area contributed by atoms with E-state index in [9.17, 15) is 9.18 Å². The van der Waals surface area contributed by atoms with Gasteiger partial charge in [0.2, 0.25) is 0 Å². The van der Waals surface area contributed by atoms with Gasteiger partial charge < -0.3 is 21.3 Å². The molecule has 7 nitrogen and oxygen atoms in total. The molecule has 1 aliphatic rings. The molecular weight excluding hydrogens is 335 g/mol. The zero-order valence-corrected chi connectivity index (χ0v) is 14.8. The number of nitrogen functional groups attached to an aromatic ring is 1. The number of nitrogens with one attached hydrogen (secondary N) is 2. The van der Waals surface area contributed by atoms with Crippen LogP contribution in [-0.4, -0.2) is 50.2 Å². The van der Waals surface area contributed by atoms with Crippen LogP contribution in [0.15, 0.2) is 46.5 Å². The fourth-order valence-corrected chi connectivity index (χ4v) is 2.30. The van der Waals surface area contributed by atoms with Gasteiger partial charge in [0.25, 0.3) is 0 Å². The number of nitrogens with two attached hydrogens (primary N) is 1. The second kappa shape index (κ2) is 9.36. The van der Waals surface area contributed by atoms with Gasteiger partial charge in [0, 0.05) is 44.0 Å². The highest BCUT2D eigenvalue weighted by molar-refractivity contribution is 5.88. The van der Waals surface area contributed by atoms with E-state index in [0.717, 1.165) is 6.42 Å². The third-order valence-corrected chi connectivity index (χ3v) is 3.76. The number of carbonyl (C=O) groups is 1. The number of anilines is 2. The summed E-state index contributed by atoms with van der Waals surface area (Å²) < 4.78 is 14.0. The van der Waals surface area contributed by atoms with Crippen molar-refractivity contribution < 1.29 is 9.18 Å². The predicted octanol–water partition coefficient (Wildman–Crippen LogP) is 2.38. The van der Waals surface area contributed by atoms with Crippen LogP contribution in [0, 0.1) is 5.82 Å². The summed E-state index contributed by atoms with van der Waals surface area (Å²) in [4.78, 5) is 21.8. The van der Waals surface area contributed by atoms with Gasteiger partial charge in [-0.05, 0) is 18.6 Å². The number of rotatable bonds is 5. The Morgan fingerprint density at radius 3 is 3.08 bits per heavy atom. The Bertz CT molecular complexity index is 756. The standard InChI is InChI=1S/C18H23FN6O/c1-21-10-13-8-17(15(19)9-16(13)20)23-12-24-18(26)25(2)14-6-4-3-5-7-22-11-14/h4-11,14,23H,3,12,20H2,1-2H3,(H,24,26)/b6-4?,7-5-,21-10?,22-11?. The van der Waals surface area contributed by atoms with Gasteiger partial charge in [0.1, 0.15) is 5.82 Å². The lowest BCUT2D eigenvalue weighted by atomic mass is 10.1. The molecular formula is C18H23FN6O. The number of likely N-dealkylation sites (N-methyl/N-ethyl adjacent to an activating group) is 1. The SMILES string of the molecule is CN=Cc1cc(NCNC(=O)N(C)C2C=CC/C=C\N=C2)c(F)cc1N. The molecule has 2 rings (SSSR count). The molecule has 1 aromatic carbocycles. The monoisotopic (exact) mass is 358 g/mol. The molecule has 0 spiro atoms. The molecule has 0 bridgehead atoms. The maximum Gasteiger partial charge on any atom is 0.319 e. The van der Waals surface area contributed by atoms with Crippen molar-refractivity contribution in [2.75, 3.05) is 31.8 Å². The van der Waals surface area contributed by atoms with Gasteiger partial charge in [-0.2, -0.15) is 0 Å². The van der Waals surface area contributed by atoms with E-state index < -0.39 is 5.82 Å².